The van der Waals surface area contributed by atoms with Gasteiger partial charge in [-0.05, 0) is 49.6 Å². The van der Waals surface area contributed by atoms with Crippen molar-refractivity contribution in [3.63, 3.8) is 0 Å². The molecule has 0 aromatic rings. The molecule has 0 heterocycles. The maximum absolute atomic E-state index is 3.79. The van der Waals surface area contributed by atoms with Gasteiger partial charge in [-0.15, -0.1) is 0 Å². The van der Waals surface area contributed by atoms with E-state index in [0.29, 0.717) is 0 Å². The van der Waals surface area contributed by atoms with E-state index in [1.54, 1.807) is 0 Å². The van der Waals surface area contributed by atoms with Crippen molar-refractivity contribution in [2.24, 2.45) is 23.7 Å². The summed E-state index contributed by atoms with van der Waals surface area (Å²) < 4.78 is 0. The van der Waals surface area contributed by atoms with Crippen LogP contribution in [0.15, 0.2) is 0 Å². The minimum Gasteiger partial charge on any atom is -0.316 e. The Labute approximate surface area is 108 Å². The van der Waals surface area contributed by atoms with Gasteiger partial charge in [-0.2, -0.15) is 0 Å². The van der Waals surface area contributed by atoms with Crippen LogP contribution in [0.5, 0.6) is 0 Å². The molecule has 2 fully saturated rings. The zero-order chi connectivity index (χ0) is 12.1. The van der Waals surface area contributed by atoms with Gasteiger partial charge >= 0.3 is 0 Å². The van der Waals surface area contributed by atoms with Gasteiger partial charge in [-0.25, -0.2) is 0 Å². The van der Waals surface area contributed by atoms with E-state index >= 15 is 0 Å². The molecule has 2 aliphatic carbocycles. The molecule has 0 aromatic carbocycles. The smallest absolute Gasteiger partial charge is 0.00179 e. The molecule has 0 bridgehead atoms. The Morgan fingerprint density at radius 1 is 0.706 bits per heavy atom. The summed E-state index contributed by atoms with van der Waals surface area (Å²) in [6.07, 6.45) is 11.7. The maximum atomic E-state index is 3.79. The van der Waals surface area contributed by atoms with Gasteiger partial charge in [0.05, 0.1) is 0 Å². The summed E-state index contributed by atoms with van der Waals surface area (Å²) in [4.78, 5) is 0. The van der Waals surface area contributed by atoms with Crippen molar-refractivity contribution in [1.29, 1.82) is 0 Å². The molecule has 0 aliphatic heterocycles. The second-order valence-corrected chi connectivity index (χ2v) is 6.70. The summed E-state index contributed by atoms with van der Waals surface area (Å²) in [5, 5.41) is 3.79. The normalized spacial score (nSPS) is 39.2. The van der Waals surface area contributed by atoms with Gasteiger partial charge in [0.15, 0.2) is 0 Å². The van der Waals surface area contributed by atoms with E-state index in [1.807, 2.05) is 0 Å². The molecule has 1 heteroatoms. The van der Waals surface area contributed by atoms with E-state index < -0.39 is 0 Å². The predicted octanol–water partition coefficient (Wildman–Crippen LogP) is 4.23. The van der Waals surface area contributed by atoms with Gasteiger partial charge < -0.3 is 5.32 Å². The SMILES string of the molecule is C[C@@H]1CCCC[C@H]1CNC[C@@H]1CCCC[C@@H]1C. The fraction of sp³-hybridized carbons (Fsp3) is 1.00. The molecule has 1 nitrogen and oxygen atoms in total. The first-order chi connectivity index (χ1) is 8.27. The Morgan fingerprint density at radius 3 is 1.53 bits per heavy atom. The van der Waals surface area contributed by atoms with Crippen LogP contribution in [0.2, 0.25) is 0 Å². The molecule has 1 N–H and O–H groups in total. The van der Waals surface area contributed by atoms with Gasteiger partial charge in [0.2, 0.25) is 0 Å². The average Bonchev–Trinajstić information content (AvgIpc) is 2.34. The Hall–Kier alpha value is -0.0400. The molecule has 2 saturated carbocycles. The van der Waals surface area contributed by atoms with Crippen LogP contribution in [0.25, 0.3) is 0 Å². The first kappa shape index (κ1) is 13.4. The molecule has 2 aliphatic rings. The van der Waals surface area contributed by atoms with Crippen LogP contribution in [-0.4, -0.2) is 13.1 Å². The molecule has 0 unspecified atom stereocenters. The number of hydrogen-bond acceptors (Lipinski definition) is 1. The Kier molecular flexibility index (Phi) is 5.34. The number of hydrogen-bond donors (Lipinski definition) is 1. The topological polar surface area (TPSA) is 12.0 Å². The van der Waals surface area contributed by atoms with Crippen molar-refractivity contribution in [1.82, 2.24) is 5.32 Å². The minimum atomic E-state index is 0.958. The molecular formula is C16H31N. The predicted molar refractivity (Wildman–Crippen MR) is 75.1 cm³/mol. The lowest BCUT2D eigenvalue weighted by Crippen LogP contribution is -2.35. The summed E-state index contributed by atoms with van der Waals surface area (Å²) >= 11 is 0. The van der Waals surface area contributed by atoms with E-state index in [2.05, 4.69) is 19.2 Å². The lowest BCUT2D eigenvalue weighted by Gasteiger charge is -2.32. The highest BCUT2D eigenvalue weighted by atomic mass is 14.9. The van der Waals surface area contributed by atoms with Crippen LogP contribution >= 0.6 is 0 Å². The van der Waals surface area contributed by atoms with Crippen LogP contribution in [0.3, 0.4) is 0 Å². The van der Waals surface area contributed by atoms with Crippen LogP contribution < -0.4 is 5.32 Å². The summed E-state index contributed by atoms with van der Waals surface area (Å²) in [6, 6.07) is 0. The van der Waals surface area contributed by atoms with Crippen molar-refractivity contribution in [3.8, 4) is 0 Å². The molecule has 0 spiro atoms. The molecule has 17 heavy (non-hydrogen) atoms. The largest absolute Gasteiger partial charge is 0.316 e. The highest BCUT2D eigenvalue weighted by molar-refractivity contribution is 4.77. The van der Waals surface area contributed by atoms with Gasteiger partial charge in [0.1, 0.15) is 0 Å². The fourth-order valence-electron chi connectivity index (χ4n) is 3.85. The number of nitrogens with one attached hydrogen (secondary N) is 1. The van der Waals surface area contributed by atoms with E-state index in [9.17, 15) is 0 Å². The maximum Gasteiger partial charge on any atom is -0.00179 e. The monoisotopic (exact) mass is 237 g/mol. The first-order valence-corrected chi connectivity index (χ1v) is 7.98. The van der Waals surface area contributed by atoms with Crippen molar-refractivity contribution >= 4 is 0 Å². The van der Waals surface area contributed by atoms with Gasteiger partial charge in [0, 0.05) is 0 Å². The van der Waals surface area contributed by atoms with Crippen molar-refractivity contribution in [2.45, 2.75) is 65.2 Å². The summed E-state index contributed by atoms with van der Waals surface area (Å²) in [5.41, 5.74) is 0. The van der Waals surface area contributed by atoms with Crippen LogP contribution in [0.4, 0.5) is 0 Å². The van der Waals surface area contributed by atoms with Crippen molar-refractivity contribution < 1.29 is 0 Å². The van der Waals surface area contributed by atoms with E-state index in [0.717, 1.165) is 23.7 Å². The van der Waals surface area contributed by atoms with Crippen molar-refractivity contribution in [2.75, 3.05) is 13.1 Å². The van der Waals surface area contributed by atoms with Gasteiger partial charge in [0.25, 0.3) is 0 Å². The minimum absolute atomic E-state index is 0.958. The quantitative estimate of drug-likeness (QED) is 0.771. The first-order valence-electron chi connectivity index (χ1n) is 7.98. The van der Waals surface area contributed by atoms with E-state index in [-0.39, 0.29) is 0 Å². The zero-order valence-corrected chi connectivity index (χ0v) is 11.9. The summed E-state index contributed by atoms with van der Waals surface area (Å²) in [7, 11) is 0. The molecule has 4 atom stereocenters. The van der Waals surface area contributed by atoms with Crippen LogP contribution in [0, 0.1) is 23.7 Å². The molecule has 0 amide bonds. The second kappa shape index (κ2) is 6.78. The summed E-state index contributed by atoms with van der Waals surface area (Å²) in [6.45, 7) is 7.47. The third-order valence-corrected chi connectivity index (χ3v) is 5.39. The molecular weight excluding hydrogens is 206 g/mol. The highest BCUT2D eigenvalue weighted by Gasteiger charge is 2.23. The molecule has 0 radical (unpaired) electrons. The Balaban J connectivity index is 1.64. The Morgan fingerprint density at radius 2 is 1.12 bits per heavy atom. The third kappa shape index (κ3) is 3.98. The Bertz CT molecular complexity index is 192. The second-order valence-electron chi connectivity index (χ2n) is 6.70. The zero-order valence-electron chi connectivity index (χ0n) is 11.9. The highest BCUT2D eigenvalue weighted by Crippen LogP contribution is 2.30. The third-order valence-electron chi connectivity index (χ3n) is 5.39. The van der Waals surface area contributed by atoms with Gasteiger partial charge in [-0.3, -0.25) is 0 Å². The van der Waals surface area contributed by atoms with E-state index in [1.165, 1.54) is 64.5 Å². The lowest BCUT2D eigenvalue weighted by molar-refractivity contribution is 0.217. The number of rotatable bonds is 4. The molecule has 0 saturated heterocycles. The molecule has 2 rings (SSSR count). The van der Waals surface area contributed by atoms with Crippen LogP contribution in [0.1, 0.15) is 65.2 Å². The average molecular weight is 237 g/mol. The van der Waals surface area contributed by atoms with E-state index in [4.69, 9.17) is 0 Å². The van der Waals surface area contributed by atoms with Gasteiger partial charge in [-0.1, -0.05) is 52.4 Å². The van der Waals surface area contributed by atoms with Crippen LogP contribution in [-0.2, 0) is 0 Å². The molecule has 100 valence electrons. The fourth-order valence-corrected chi connectivity index (χ4v) is 3.85. The summed E-state index contributed by atoms with van der Waals surface area (Å²) in [5.74, 6) is 3.84. The van der Waals surface area contributed by atoms with Crippen molar-refractivity contribution in [3.05, 3.63) is 0 Å². The standard InChI is InChI=1S/C16H31N/c1-13-7-3-5-9-15(13)11-17-12-16-10-6-4-8-14(16)2/h13-17H,3-12H2,1-2H3/t13-,14+,15-,16-/m0/s1. The molecule has 0 aromatic heterocycles. The lowest BCUT2D eigenvalue weighted by atomic mass is 9.79.